The molecule has 2 saturated heterocycles. The van der Waals surface area contributed by atoms with Gasteiger partial charge in [0.15, 0.2) is 24.2 Å². The summed E-state index contributed by atoms with van der Waals surface area (Å²) in [6.07, 6.45) is -5.93. The third kappa shape index (κ3) is 9.33. The van der Waals surface area contributed by atoms with Crippen LogP contribution in [0.25, 0.3) is 0 Å². The molecule has 3 amide bonds. The predicted octanol–water partition coefficient (Wildman–Crippen LogP) is -1.66. The monoisotopic (exact) mass is 695 g/mol. The summed E-state index contributed by atoms with van der Waals surface area (Å²) < 4.78 is 29.6. The summed E-state index contributed by atoms with van der Waals surface area (Å²) >= 11 is 0. The van der Waals surface area contributed by atoms with E-state index in [1.54, 1.807) is 0 Å². The van der Waals surface area contributed by atoms with Crippen LogP contribution < -0.4 is 27.6 Å². The second-order valence-electron chi connectivity index (χ2n) is 12.3. The molecule has 0 bridgehead atoms. The Morgan fingerprint density at radius 3 is 2.57 bits per heavy atom. The Balaban J connectivity index is 1.56. The van der Waals surface area contributed by atoms with E-state index < -0.39 is 95.9 Å². The second kappa shape index (κ2) is 17.0. The molecule has 0 aromatic carbocycles. The lowest BCUT2D eigenvalue weighted by Crippen LogP contribution is -2.54. The van der Waals surface area contributed by atoms with Crippen molar-refractivity contribution in [1.29, 1.82) is 0 Å². The Labute approximate surface area is 281 Å². The molecule has 2 fully saturated rings. The Hall–Kier alpha value is -4.10. The maximum atomic E-state index is 13.1. The van der Waals surface area contributed by atoms with Crippen molar-refractivity contribution in [3.63, 3.8) is 0 Å². The number of amides is 3. The number of hydrogen-bond acceptors (Lipinski definition) is 13. The average molecular weight is 696 g/mol. The van der Waals surface area contributed by atoms with Crippen molar-refractivity contribution < 1.29 is 53.1 Å². The first kappa shape index (κ1) is 37.7. The summed E-state index contributed by atoms with van der Waals surface area (Å²) in [5.74, 6) is -3.59. The van der Waals surface area contributed by atoms with E-state index >= 15 is 0 Å². The van der Waals surface area contributed by atoms with E-state index in [0.29, 0.717) is 19.3 Å². The number of carbonyl (C=O) groups is 4. The van der Waals surface area contributed by atoms with E-state index in [1.807, 2.05) is 13.8 Å². The molecule has 18 nitrogen and oxygen atoms in total. The number of carbonyl (C=O) groups excluding carboxylic acids is 4. The molecule has 18 heteroatoms. The van der Waals surface area contributed by atoms with Gasteiger partial charge in [0, 0.05) is 31.8 Å². The molecule has 0 aliphatic carbocycles. The van der Waals surface area contributed by atoms with Crippen LogP contribution in [0.3, 0.4) is 0 Å². The topological polar surface area (TPSA) is 260 Å². The van der Waals surface area contributed by atoms with Crippen molar-refractivity contribution in [2.24, 2.45) is 5.73 Å². The van der Waals surface area contributed by atoms with Crippen LogP contribution in [-0.2, 0) is 42.9 Å². The Bertz CT molecular complexity index is 1490. The lowest BCUT2D eigenvalue weighted by Gasteiger charge is -2.35. The predicted molar refractivity (Wildman–Crippen MR) is 167 cm³/mol. The van der Waals surface area contributed by atoms with Crippen molar-refractivity contribution >= 4 is 23.7 Å². The lowest BCUT2D eigenvalue weighted by molar-refractivity contribution is -0.241. The van der Waals surface area contributed by atoms with Crippen LogP contribution in [0.4, 0.5) is 0 Å². The number of unbranched alkanes of at least 4 members (excludes halogenated alkanes) is 3. The maximum absolute atomic E-state index is 13.1. The van der Waals surface area contributed by atoms with E-state index in [9.17, 15) is 39.0 Å². The highest BCUT2D eigenvalue weighted by Crippen LogP contribution is 2.36. The number of nitrogens with zero attached hydrogens (tertiary/aromatic N) is 1. The fraction of sp³-hybridized carbons (Fsp3) is 0.677. The van der Waals surface area contributed by atoms with Crippen molar-refractivity contribution in [2.45, 2.75) is 126 Å². The average Bonchev–Trinajstić information content (AvgIpc) is 3.30. The SMILES string of the molecule is CCCCCCC(=O)O[C@@H]1[C@H](OC)[C@@H]([C@@H](O[C@H]2OC(C(=O)N[C@H]3CCC[C@H](C)NC3=O)=C[C@H](O)[C@@H]2O)C(N)=O)O[C@H]1n1ccc(=O)[nH]c1=O. The summed E-state index contributed by atoms with van der Waals surface area (Å²) in [6, 6.07) is 0.0693. The van der Waals surface area contributed by atoms with Crippen LogP contribution in [-0.4, -0.2) is 106 Å². The number of hydrogen-bond donors (Lipinski definition) is 6. The van der Waals surface area contributed by atoms with Gasteiger partial charge in [-0.2, -0.15) is 0 Å². The summed E-state index contributed by atoms with van der Waals surface area (Å²) in [7, 11) is 1.23. The van der Waals surface area contributed by atoms with E-state index in [2.05, 4.69) is 15.6 Å². The third-order valence-electron chi connectivity index (χ3n) is 8.54. The molecule has 272 valence electrons. The number of rotatable bonds is 14. The number of esters is 1. The first-order valence-corrected chi connectivity index (χ1v) is 16.3. The normalized spacial score (nSPS) is 30.7. The van der Waals surface area contributed by atoms with Gasteiger partial charge in [0.05, 0.1) is 0 Å². The highest BCUT2D eigenvalue weighted by Gasteiger charge is 2.54. The molecule has 10 atom stereocenters. The number of nitrogens with two attached hydrogens (primary N) is 1. The third-order valence-corrected chi connectivity index (χ3v) is 8.54. The van der Waals surface area contributed by atoms with Crippen LogP contribution in [0.15, 0.2) is 33.7 Å². The molecule has 7 N–H and O–H groups in total. The minimum absolute atomic E-state index is 0.0410. The summed E-state index contributed by atoms with van der Waals surface area (Å²) in [6.45, 7) is 3.86. The van der Waals surface area contributed by atoms with Gasteiger partial charge in [-0.05, 0) is 38.7 Å². The number of methoxy groups -OCH3 is 1. The van der Waals surface area contributed by atoms with E-state index in [4.69, 9.17) is 29.4 Å². The van der Waals surface area contributed by atoms with Gasteiger partial charge < -0.3 is 50.3 Å². The molecule has 4 heterocycles. The highest BCUT2D eigenvalue weighted by molar-refractivity contribution is 5.95. The number of ether oxygens (including phenoxy) is 5. The molecule has 0 unspecified atom stereocenters. The second-order valence-corrected chi connectivity index (χ2v) is 12.3. The quantitative estimate of drug-likeness (QED) is 0.0942. The van der Waals surface area contributed by atoms with Crippen molar-refractivity contribution in [3.05, 3.63) is 44.9 Å². The van der Waals surface area contributed by atoms with Crippen LogP contribution in [0, 0.1) is 0 Å². The summed E-state index contributed by atoms with van der Waals surface area (Å²) in [5, 5.41) is 26.6. The molecule has 0 saturated carbocycles. The zero-order valence-corrected chi connectivity index (χ0v) is 27.6. The van der Waals surface area contributed by atoms with Gasteiger partial charge in [0.25, 0.3) is 11.5 Å². The molecule has 4 rings (SSSR count). The minimum Gasteiger partial charge on any atom is -0.456 e. The van der Waals surface area contributed by atoms with Crippen LogP contribution in [0.2, 0.25) is 0 Å². The summed E-state index contributed by atoms with van der Waals surface area (Å²) in [5.41, 5.74) is 4.08. The number of aliphatic hydroxyl groups is 2. The smallest absolute Gasteiger partial charge is 0.330 e. The Kier molecular flexibility index (Phi) is 13.1. The molecular weight excluding hydrogens is 650 g/mol. The lowest BCUT2D eigenvalue weighted by atomic mass is 10.0. The number of aliphatic hydroxyl groups excluding tert-OH is 2. The maximum Gasteiger partial charge on any atom is 0.330 e. The van der Waals surface area contributed by atoms with Gasteiger partial charge >= 0.3 is 11.7 Å². The minimum atomic E-state index is -1.88. The number of aromatic nitrogens is 2. The van der Waals surface area contributed by atoms with Crippen LogP contribution in [0.5, 0.6) is 0 Å². The van der Waals surface area contributed by atoms with Crippen molar-refractivity contribution in [2.75, 3.05) is 7.11 Å². The molecule has 49 heavy (non-hydrogen) atoms. The molecular formula is C31H45N5O13. The van der Waals surface area contributed by atoms with Gasteiger partial charge in [-0.15, -0.1) is 0 Å². The van der Waals surface area contributed by atoms with Crippen LogP contribution >= 0.6 is 0 Å². The zero-order valence-electron chi connectivity index (χ0n) is 27.6. The Morgan fingerprint density at radius 2 is 1.90 bits per heavy atom. The largest absolute Gasteiger partial charge is 0.456 e. The number of H-pyrrole nitrogens is 1. The number of aromatic amines is 1. The van der Waals surface area contributed by atoms with E-state index in [0.717, 1.165) is 48.6 Å². The standard InChI is InChI=1S/C31H45N5O13/c1-4-5-6-7-11-20(39)47-25-22(45-3)23(48-29(25)36-13-12-19(38)35-31(36)44)24(26(32)41)49-30-21(40)17(37)14-18(46-30)28(43)34-16-10-8-9-15(2)33-27(16)42/h12-17,21-25,29-30,37,40H,4-11H2,1-3H3,(H2,32,41)(H,33,42)(H,34,43)(H,35,38,44)/t15-,16-,17-,21-,22+,23-,24+,25+,29+,30+/m0/s1. The summed E-state index contributed by atoms with van der Waals surface area (Å²) in [4.78, 5) is 78.0. The number of primary amides is 1. The molecule has 3 aliphatic heterocycles. The zero-order chi connectivity index (χ0) is 35.8. The first-order valence-electron chi connectivity index (χ1n) is 16.3. The number of nitrogens with one attached hydrogen (secondary N) is 3. The highest BCUT2D eigenvalue weighted by atomic mass is 16.7. The Morgan fingerprint density at radius 1 is 1.14 bits per heavy atom. The van der Waals surface area contributed by atoms with Gasteiger partial charge in [0.1, 0.15) is 30.5 Å². The van der Waals surface area contributed by atoms with Crippen molar-refractivity contribution in [3.8, 4) is 0 Å². The molecule has 1 aromatic heterocycles. The van der Waals surface area contributed by atoms with E-state index in [-0.39, 0.29) is 12.5 Å². The molecule has 0 radical (unpaired) electrons. The van der Waals surface area contributed by atoms with Crippen molar-refractivity contribution in [1.82, 2.24) is 20.2 Å². The first-order chi connectivity index (χ1) is 23.3. The molecule has 1 aromatic rings. The van der Waals surface area contributed by atoms with Crippen LogP contribution in [0.1, 0.15) is 71.4 Å². The van der Waals surface area contributed by atoms with Gasteiger partial charge in [0.2, 0.25) is 18.1 Å². The van der Waals surface area contributed by atoms with Gasteiger partial charge in [-0.3, -0.25) is 33.5 Å². The fourth-order valence-electron chi connectivity index (χ4n) is 5.94. The van der Waals surface area contributed by atoms with Gasteiger partial charge in [-0.25, -0.2) is 4.79 Å². The fourth-order valence-corrected chi connectivity index (χ4v) is 5.94. The van der Waals surface area contributed by atoms with Gasteiger partial charge in [-0.1, -0.05) is 26.2 Å². The molecule has 0 spiro atoms. The molecule has 3 aliphatic rings. The van der Waals surface area contributed by atoms with E-state index in [1.165, 1.54) is 7.11 Å².